The number of sulfonamides is 1. The summed E-state index contributed by atoms with van der Waals surface area (Å²) < 4.78 is 33.6. The number of rotatable bonds is 10. The van der Waals surface area contributed by atoms with Crippen molar-refractivity contribution in [2.45, 2.75) is 38.0 Å². The van der Waals surface area contributed by atoms with Gasteiger partial charge in [0.2, 0.25) is 5.91 Å². The van der Waals surface area contributed by atoms with Crippen molar-refractivity contribution in [3.8, 4) is 5.75 Å². The van der Waals surface area contributed by atoms with Gasteiger partial charge in [-0.25, -0.2) is 8.42 Å². The molecule has 0 spiro atoms. The van der Waals surface area contributed by atoms with E-state index in [-0.39, 0.29) is 16.3 Å². The van der Waals surface area contributed by atoms with Gasteiger partial charge in [-0.3, -0.25) is 9.10 Å². The van der Waals surface area contributed by atoms with Crippen molar-refractivity contribution < 1.29 is 17.9 Å². The van der Waals surface area contributed by atoms with Gasteiger partial charge in [-0.2, -0.15) is 0 Å². The van der Waals surface area contributed by atoms with Crippen molar-refractivity contribution >= 4 is 38.9 Å². The summed E-state index contributed by atoms with van der Waals surface area (Å²) in [7, 11) is -2.66. The number of ether oxygens (including phenoxy) is 1. The topological polar surface area (TPSA) is 75.7 Å². The first-order valence-electron chi connectivity index (χ1n) is 11.1. The highest BCUT2D eigenvalue weighted by atomic mass is 35.5. The van der Waals surface area contributed by atoms with Crippen LogP contribution in [0, 0.1) is 6.92 Å². The minimum absolute atomic E-state index is 0.0632. The Bertz CT molecular complexity index is 1230. The van der Waals surface area contributed by atoms with Crippen LogP contribution in [0.4, 0.5) is 11.4 Å². The van der Waals surface area contributed by atoms with Crippen LogP contribution in [0.25, 0.3) is 0 Å². The lowest BCUT2D eigenvalue weighted by Gasteiger charge is -2.26. The molecule has 8 heteroatoms. The molecule has 3 rings (SSSR count). The third-order valence-corrected chi connectivity index (χ3v) is 7.37. The van der Waals surface area contributed by atoms with Crippen molar-refractivity contribution in [1.82, 2.24) is 0 Å². The van der Waals surface area contributed by atoms with Gasteiger partial charge in [0.15, 0.2) is 0 Å². The van der Waals surface area contributed by atoms with Crippen molar-refractivity contribution in [3.05, 3.63) is 82.9 Å². The van der Waals surface area contributed by atoms with Crippen molar-refractivity contribution in [2.24, 2.45) is 0 Å². The van der Waals surface area contributed by atoms with Crippen LogP contribution in [0.3, 0.4) is 0 Å². The molecule has 0 aromatic heterocycles. The number of carbonyl (C=O) groups is 1. The molecule has 0 radical (unpaired) electrons. The van der Waals surface area contributed by atoms with Gasteiger partial charge in [0.05, 0.1) is 17.7 Å². The Hall–Kier alpha value is -3.03. The van der Waals surface area contributed by atoms with E-state index in [9.17, 15) is 13.2 Å². The number of aryl methyl sites for hydroxylation is 2. The number of amides is 1. The number of hydrogen-bond donors (Lipinski definition) is 1. The molecule has 1 amide bonds. The average molecular weight is 501 g/mol. The second-order valence-corrected chi connectivity index (χ2v) is 10.3. The fourth-order valence-electron chi connectivity index (χ4n) is 3.46. The number of methoxy groups -OCH3 is 1. The van der Waals surface area contributed by atoms with Crippen LogP contribution >= 0.6 is 11.6 Å². The summed E-state index contributed by atoms with van der Waals surface area (Å²) in [5.41, 5.74) is 2.88. The summed E-state index contributed by atoms with van der Waals surface area (Å²) >= 11 is 6.17. The van der Waals surface area contributed by atoms with Gasteiger partial charge < -0.3 is 10.1 Å². The fraction of sp³-hybridized carbons (Fsp3) is 0.269. The van der Waals surface area contributed by atoms with E-state index in [1.54, 1.807) is 24.3 Å². The number of nitrogens with one attached hydrogen (secondary N) is 1. The molecule has 0 fully saturated rings. The molecule has 6 nitrogen and oxygen atoms in total. The number of halogens is 1. The summed E-state index contributed by atoms with van der Waals surface area (Å²) in [6.45, 7) is 3.56. The van der Waals surface area contributed by atoms with E-state index in [4.69, 9.17) is 16.3 Å². The summed E-state index contributed by atoms with van der Waals surface area (Å²) in [6.07, 6.45) is 3.18. The Morgan fingerprint density at radius 1 is 1.03 bits per heavy atom. The predicted molar refractivity (Wildman–Crippen MR) is 137 cm³/mol. The molecule has 0 atom stereocenters. The van der Waals surface area contributed by atoms with E-state index in [1.807, 2.05) is 31.2 Å². The highest BCUT2D eigenvalue weighted by molar-refractivity contribution is 7.92. The first-order chi connectivity index (χ1) is 16.2. The lowest BCUT2D eigenvalue weighted by atomic mass is 10.1. The summed E-state index contributed by atoms with van der Waals surface area (Å²) in [4.78, 5) is 13.0. The lowest BCUT2D eigenvalue weighted by Crippen LogP contribution is -2.38. The largest absolute Gasteiger partial charge is 0.495 e. The van der Waals surface area contributed by atoms with Gasteiger partial charge in [0.1, 0.15) is 12.3 Å². The van der Waals surface area contributed by atoms with Crippen molar-refractivity contribution in [2.75, 3.05) is 23.3 Å². The van der Waals surface area contributed by atoms with Gasteiger partial charge >= 0.3 is 0 Å². The SMILES string of the molecule is CCCCc1ccc(NC(=O)CN(c2cc(Cl)ccc2OC)S(=O)(=O)c2ccc(C)cc2)cc1. The van der Waals surface area contributed by atoms with Crippen LogP contribution in [-0.4, -0.2) is 28.0 Å². The molecule has 0 saturated heterocycles. The van der Waals surface area contributed by atoms with E-state index in [0.717, 1.165) is 29.1 Å². The van der Waals surface area contributed by atoms with Crippen LogP contribution < -0.4 is 14.4 Å². The molecule has 0 aliphatic heterocycles. The Morgan fingerprint density at radius 3 is 2.32 bits per heavy atom. The molecule has 3 aromatic carbocycles. The zero-order valence-corrected chi connectivity index (χ0v) is 21.1. The Morgan fingerprint density at radius 2 is 1.71 bits per heavy atom. The van der Waals surface area contributed by atoms with Gasteiger partial charge in [0.25, 0.3) is 10.0 Å². The summed E-state index contributed by atoms with van der Waals surface area (Å²) in [6, 6.07) is 18.7. The van der Waals surface area contributed by atoms with E-state index in [2.05, 4.69) is 12.2 Å². The van der Waals surface area contributed by atoms with Gasteiger partial charge in [0, 0.05) is 10.7 Å². The Balaban J connectivity index is 1.92. The minimum atomic E-state index is -4.09. The first kappa shape index (κ1) is 25.6. The van der Waals surface area contributed by atoms with Crippen molar-refractivity contribution in [1.29, 1.82) is 0 Å². The lowest BCUT2D eigenvalue weighted by molar-refractivity contribution is -0.114. The molecular formula is C26H29ClN2O4S. The van der Waals surface area contributed by atoms with E-state index >= 15 is 0 Å². The van der Waals surface area contributed by atoms with E-state index in [0.29, 0.717) is 10.7 Å². The number of benzene rings is 3. The quantitative estimate of drug-likeness (QED) is 0.380. The van der Waals surface area contributed by atoms with Crippen molar-refractivity contribution in [3.63, 3.8) is 0 Å². The smallest absolute Gasteiger partial charge is 0.264 e. The zero-order chi connectivity index (χ0) is 24.7. The molecule has 0 bridgehead atoms. The number of unbranched alkanes of at least 4 members (excludes halogenated alkanes) is 1. The minimum Gasteiger partial charge on any atom is -0.495 e. The molecule has 0 unspecified atom stereocenters. The normalized spacial score (nSPS) is 11.2. The number of carbonyl (C=O) groups excluding carboxylic acids is 1. The zero-order valence-electron chi connectivity index (χ0n) is 19.5. The van der Waals surface area contributed by atoms with Gasteiger partial charge in [-0.05, 0) is 67.8 Å². The summed E-state index contributed by atoms with van der Waals surface area (Å²) in [5, 5.41) is 3.11. The first-order valence-corrected chi connectivity index (χ1v) is 12.9. The molecule has 0 aliphatic carbocycles. The fourth-order valence-corrected chi connectivity index (χ4v) is 5.05. The molecule has 0 saturated carbocycles. The molecule has 3 aromatic rings. The van der Waals surface area contributed by atoms with E-state index in [1.165, 1.54) is 30.9 Å². The highest BCUT2D eigenvalue weighted by Gasteiger charge is 2.29. The molecular weight excluding hydrogens is 472 g/mol. The molecule has 34 heavy (non-hydrogen) atoms. The molecule has 180 valence electrons. The van der Waals surface area contributed by atoms with Crippen LogP contribution in [-0.2, 0) is 21.2 Å². The maximum absolute atomic E-state index is 13.6. The predicted octanol–water partition coefficient (Wildman–Crippen LogP) is 5.83. The standard InChI is InChI=1S/C26H29ClN2O4S/c1-4-5-6-20-9-12-22(13-10-20)28-26(30)18-29(24-17-21(27)11-16-25(24)33-3)34(31,32)23-14-7-19(2)8-15-23/h7-17H,4-6,18H2,1-3H3,(H,28,30). The average Bonchev–Trinajstić information content (AvgIpc) is 2.82. The van der Waals surface area contributed by atoms with Crippen LogP contribution in [0.2, 0.25) is 5.02 Å². The second-order valence-electron chi connectivity index (χ2n) is 7.99. The van der Waals surface area contributed by atoms with Gasteiger partial charge in [-0.1, -0.05) is 54.8 Å². The second kappa shape index (κ2) is 11.4. The van der Waals surface area contributed by atoms with Crippen LogP contribution in [0.5, 0.6) is 5.75 Å². The van der Waals surface area contributed by atoms with E-state index < -0.39 is 22.5 Å². The maximum atomic E-state index is 13.6. The van der Waals surface area contributed by atoms with Crippen LogP contribution in [0.15, 0.2) is 71.6 Å². The Labute approximate surface area is 206 Å². The van der Waals surface area contributed by atoms with Gasteiger partial charge in [-0.15, -0.1) is 0 Å². The number of hydrogen-bond acceptors (Lipinski definition) is 4. The third kappa shape index (κ3) is 6.30. The molecule has 1 N–H and O–H groups in total. The highest BCUT2D eigenvalue weighted by Crippen LogP contribution is 2.35. The third-order valence-electron chi connectivity index (χ3n) is 5.36. The van der Waals surface area contributed by atoms with Crippen LogP contribution in [0.1, 0.15) is 30.9 Å². The number of anilines is 2. The summed E-state index contributed by atoms with van der Waals surface area (Å²) in [5.74, 6) is -0.202. The number of nitrogens with zero attached hydrogens (tertiary/aromatic N) is 1. The Kier molecular flexibility index (Phi) is 8.58. The maximum Gasteiger partial charge on any atom is 0.264 e. The monoisotopic (exact) mass is 500 g/mol. The molecule has 0 heterocycles. The molecule has 0 aliphatic rings.